The van der Waals surface area contributed by atoms with E-state index in [1.165, 1.54) is 47.6 Å². The zero-order valence-electron chi connectivity index (χ0n) is 16.4. The lowest BCUT2D eigenvalue weighted by molar-refractivity contribution is -0.118. The molecule has 0 aliphatic carbocycles. The number of anilines is 1. The molecule has 0 aliphatic rings. The van der Waals surface area contributed by atoms with Gasteiger partial charge in [-0.25, -0.2) is 8.42 Å². The third-order valence-corrected chi connectivity index (χ3v) is 6.46. The average Bonchev–Trinajstić information content (AvgIpc) is 2.68. The number of benzene rings is 2. The molecule has 1 amide bonds. The predicted molar refractivity (Wildman–Crippen MR) is 112 cm³/mol. The van der Waals surface area contributed by atoms with Gasteiger partial charge in [0.15, 0.2) is 12.4 Å². The van der Waals surface area contributed by atoms with Gasteiger partial charge in [0.2, 0.25) is 10.0 Å². The molecule has 0 bridgehead atoms. The molecule has 156 valence electrons. The first-order chi connectivity index (χ1) is 13.7. The van der Waals surface area contributed by atoms with Crippen LogP contribution in [0.1, 0.15) is 31.1 Å². The number of nitrogens with zero attached hydrogens (tertiary/aromatic N) is 1. The Morgan fingerprint density at radius 1 is 1.07 bits per heavy atom. The molecule has 0 unspecified atom stereocenters. The molecule has 0 saturated carbocycles. The number of carbonyl (C=O) groups is 2. The second kappa shape index (κ2) is 9.87. The lowest BCUT2D eigenvalue weighted by Gasteiger charge is -2.18. The minimum absolute atomic E-state index is 0.155. The van der Waals surface area contributed by atoms with Gasteiger partial charge in [-0.1, -0.05) is 25.4 Å². The molecule has 1 N–H and O–H groups in total. The van der Waals surface area contributed by atoms with Crippen LogP contribution in [0.25, 0.3) is 0 Å². The fourth-order valence-corrected chi connectivity index (χ4v) is 4.30. The van der Waals surface area contributed by atoms with Crippen molar-refractivity contribution < 1.29 is 22.7 Å². The first-order valence-electron chi connectivity index (χ1n) is 9.02. The maximum absolute atomic E-state index is 12.5. The molecule has 29 heavy (non-hydrogen) atoms. The number of nitrogens with one attached hydrogen (secondary N) is 1. The van der Waals surface area contributed by atoms with Crippen molar-refractivity contribution in [1.29, 1.82) is 0 Å². The first kappa shape index (κ1) is 22.9. The third kappa shape index (κ3) is 5.79. The summed E-state index contributed by atoms with van der Waals surface area (Å²) in [4.78, 5) is 24.0. The van der Waals surface area contributed by atoms with E-state index in [-0.39, 0.29) is 28.6 Å². The molecule has 2 aromatic rings. The summed E-state index contributed by atoms with van der Waals surface area (Å²) in [6.07, 6.45) is 0. The molecular formula is C20H23ClN2O5S. The smallest absolute Gasteiger partial charge is 0.262 e. The topological polar surface area (TPSA) is 92.8 Å². The number of ether oxygens (including phenoxy) is 1. The molecule has 0 aliphatic heterocycles. The maximum atomic E-state index is 12.5. The highest BCUT2D eigenvalue weighted by Gasteiger charge is 2.21. The molecule has 2 rings (SSSR count). The monoisotopic (exact) mass is 438 g/mol. The van der Waals surface area contributed by atoms with Gasteiger partial charge in [0.05, 0.1) is 10.5 Å². The van der Waals surface area contributed by atoms with Gasteiger partial charge in [-0.05, 0) is 49.4 Å². The summed E-state index contributed by atoms with van der Waals surface area (Å²) >= 11 is 5.88. The summed E-state index contributed by atoms with van der Waals surface area (Å²) in [5.41, 5.74) is 0.719. The van der Waals surface area contributed by atoms with Crippen LogP contribution in [0, 0.1) is 0 Å². The van der Waals surface area contributed by atoms with Gasteiger partial charge >= 0.3 is 0 Å². The van der Waals surface area contributed by atoms with Crippen molar-refractivity contribution in [2.75, 3.05) is 25.0 Å². The number of ketones is 1. The van der Waals surface area contributed by atoms with Gasteiger partial charge in [-0.15, -0.1) is 0 Å². The van der Waals surface area contributed by atoms with Crippen molar-refractivity contribution in [1.82, 2.24) is 4.31 Å². The van der Waals surface area contributed by atoms with Crippen LogP contribution in [-0.2, 0) is 14.8 Å². The van der Waals surface area contributed by atoms with E-state index in [1.807, 2.05) is 0 Å². The predicted octanol–water partition coefficient (Wildman–Crippen LogP) is 3.59. The summed E-state index contributed by atoms with van der Waals surface area (Å²) < 4.78 is 31.7. The van der Waals surface area contributed by atoms with Gasteiger partial charge in [-0.3, -0.25) is 9.59 Å². The van der Waals surface area contributed by atoms with E-state index in [4.69, 9.17) is 16.3 Å². The summed E-state index contributed by atoms with van der Waals surface area (Å²) in [7, 11) is -3.56. The van der Waals surface area contributed by atoms with E-state index in [1.54, 1.807) is 19.9 Å². The van der Waals surface area contributed by atoms with Gasteiger partial charge < -0.3 is 10.1 Å². The van der Waals surface area contributed by atoms with E-state index < -0.39 is 15.9 Å². The summed E-state index contributed by atoms with van der Waals surface area (Å²) in [5.74, 6) is -0.417. The van der Waals surface area contributed by atoms with Crippen molar-refractivity contribution >= 4 is 39.0 Å². The third-order valence-electron chi connectivity index (χ3n) is 4.16. The molecule has 7 nitrogen and oxygen atoms in total. The minimum Gasteiger partial charge on any atom is -0.483 e. The molecule has 0 aromatic heterocycles. The van der Waals surface area contributed by atoms with Crippen LogP contribution >= 0.6 is 11.6 Å². The summed E-state index contributed by atoms with van der Waals surface area (Å²) in [5, 5.41) is 3.02. The van der Waals surface area contributed by atoms with Gasteiger partial charge in [0.25, 0.3) is 5.91 Å². The molecule has 9 heteroatoms. The van der Waals surface area contributed by atoms with E-state index in [0.29, 0.717) is 23.8 Å². The number of amides is 1. The van der Waals surface area contributed by atoms with Gasteiger partial charge in [0, 0.05) is 23.8 Å². The molecule has 0 spiro atoms. The molecule has 0 atom stereocenters. The second-order valence-corrected chi connectivity index (χ2v) is 8.52. The van der Waals surface area contributed by atoms with E-state index in [0.717, 1.165) is 0 Å². The van der Waals surface area contributed by atoms with Crippen LogP contribution in [0.15, 0.2) is 47.4 Å². The zero-order valence-corrected chi connectivity index (χ0v) is 18.0. The number of hydrogen-bond acceptors (Lipinski definition) is 5. The highest BCUT2D eigenvalue weighted by Crippen LogP contribution is 2.23. The van der Waals surface area contributed by atoms with Crippen LogP contribution in [0.4, 0.5) is 5.69 Å². The van der Waals surface area contributed by atoms with E-state index in [2.05, 4.69) is 5.32 Å². The molecule has 0 fully saturated rings. The van der Waals surface area contributed by atoms with Crippen molar-refractivity contribution in [3.05, 3.63) is 53.1 Å². The number of rotatable bonds is 9. The lowest BCUT2D eigenvalue weighted by atomic mass is 10.1. The van der Waals surface area contributed by atoms with Crippen LogP contribution in [0.5, 0.6) is 5.75 Å². The second-order valence-electron chi connectivity index (χ2n) is 6.15. The molecular weight excluding hydrogens is 416 g/mol. The number of sulfonamides is 1. The van der Waals surface area contributed by atoms with Gasteiger partial charge in [-0.2, -0.15) is 4.31 Å². The van der Waals surface area contributed by atoms with Crippen LogP contribution in [-0.4, -0.2) is 44.1 Å². The Morgan fingerprint density at radius 3 is 2.24 bits per heavy atom. The Labute approximate surface area is 175 Å². The number of halogens is 1. The van der Waals surface area contributed by atoms with Crippen LogP contribution in [0.2, 0.25) is 5.02 Å². The summed E-state index contributed by atoms with van der Waals surface area (Å²) in [6.45, 7) is 5.36. The van der Waals surface area contributed by atoms with E-state index in [9.17, 15) is 18.0 Å². The lowest BCUT2D eigenvalue weighted by Crippen LogP contribution is -2.30. The molecule has 2 aromatic carbocycles. The standard InChI is InChI=1S/C20H23ClN2O5S/c1-4-23(5-2)29(26,27)17-9-7-16(8-10-17)22-20(25)13-28-19-11-6-15(21)12-18(19)14(3)24/h6-12H,4-5,13H2,1-3H3,(H,22,25). The van der Waals surface area contributed by atoms with Crippen LogP contribution < -0.4 is 10.1 Å². The fraction of sp³-hybridized carbons (Fsp3) is 0.300. The Balaban J connectivity index is 2.03. The van der Waals surface area contributed by atoms with Crippen molar-refractivity contribution in [2.24, 2.45) is 0 Å². The molecule has 0 saturated heterocycles. The molecule has 0 heterocycles. The Hall–Kier alpha value is -2.42. The normalized spacial score (nSPS) is 11.3. The van der Waals surface area contributed by atoms with Crippen molar-refractivity contribution in [3.63, 3.8) is 0 Å². The van der Waals surface area contributed by atoms with Gasteiger partial charge in [0.1, 0.15) is 5.75 Å². The summed E-state index contributed by atoms with van der Waals surface area (Å²) in [6, 6.07) is 10.5. The first-order valence-corrected chi connectivity index (χ1v) is 10.8. The zero-order chi connectivity index (χ0) is 21.6. The SMILES string of the molecule is CCN(CC)S(=O)(=O)c1ccc(NC(=O)COc2ccc(Cl)cc2C(C)=O)cc1. The minimum atomic E-state index is -3.56. The quantitative estimate of drug-likeness (QED) is 0.604. The van der Waals surface area contributed by atoms with Crippen LogP contribution in [0.3, 0.4) is 0 Å². The Morgan fingerprint density at radius 2 is 1.69 bits per heavy atom. The average molecular weight is 439 g/mol. The van der Waals surface area contributed by atoms with Crippen molar-refractivity contribution in [3.8, 4) is 5.75 Å². The van der Waals surface area contributed by atoms with E-state index >= 15 is 0 Å². The van der Waals surface area contributed by atoms with Crippen molar-refractivity contribution in [2.45, 2.75) is 25.7 Å². The highest BCUT2D eigenvalue weighted by molar-refractivity contribution is 7.89. The largest absolute Gasteiger partial charge is 0.483 e. The number of carbonyl (C=O) groups excluding carboxylic acids is 2. The highest BCUT2D eigenvalue weighted by atomic mass is 35.5. The fourth-order valence-electron chi connectivity index (χ4n) is 2.67. The molecule has 0 radical (unpaired) electrons. The maximum Gasteiger partial charge on any atom is 0.262 e. The number of Topliss-reactive ketones (excluding diaryl/α,β-unsaturated/α-hetero) is 1. The Kier molecular flexibility index (Phi) is 7.78. The number of hydrogen-bond donors (Lipinski definition) is 1. The Bertz CT molecular complexity index is 986.